The van der Waals surface area contributed by atoms with Crippen LogP contribution in [0.5, 0.6) is 5.75 Å². The lowest BCUT2D eigenvalue weighted by molar-refractivity contribution is -0.124. The maximum Gasteiger partial charge on any atom is 0.332 e. The third kappa shape index (κ3) is 5.66. The lowest BCUT2D eigenvalue weighted by Gasteiger charge is -2.34. The van der Waals surface area contributed by atoms with Gasteiger partial charge in [-0.15, -0.1) is 0 Å². The van der Waals surface area contributed by atoms with Gasteiger partial charge >= 0.3 is 6.03 Å². The van der Waals surface area contributed by atoms with Gasteiger partial charge in [0.25, 0.3) is 5.91 Å². The van der Waals surface area contributed by atoms with E-state index in [1.165, 1.54) is 4.90 Å². The predicted molar refractivity (Wildman–Crippen MR) is 175 cm³/mol. The molecule has 3 amide bonds. The van der Waals surface area contributed by atoms with Crippen molar-refractivity contribution in [2.75, 3.05) is 56.7 Å². The molecule has 3 fully saturated rings. The second kappa shape index (κ2) is 12.6. The van der Waals surface area contributed by atoms with Gasteiger partial charge < -0.3 is 9.64 Å². The van der Waals surface area contributed by atoms with Crippen LogP contribution in [0.1, 0.15) is 28.2 Å². The number of hydrogen-bond acceptors (Lipinski definition) is 7. The summed E-state index contributed by atoms with van der Waals surface area (Å²) < 4.78 is 5.71. The summed E-state index contributed by atoms with van der Waals surface area (Å²) in [6.07, 6.45) is 0. The fourth-order valence-corrected chi connectivity index (χ4v) is 8.22. The van der Waals surface area contributed by atoms with Crippen LogP contribution in [0.4, 0.5) is 10.5 Å². The molecule has 8 nitrogen and oxygen atoms in total. The van der Waals surface area contributed by atoms with Crippen molar-refractivity contribution in [2.45, 2.75) is 24.5 Å². The van der Waals surface area contributed by atoms with Crippen molar-refractivity contribution >= 4 is 52.6 Å². The molecule has 11 heteroatoms. The van der Waals surface area contributed by atoms with Crippen LogP contribution in [0.15, 0.2) is 60.7 Å². The topological polar surface area (TPSA) is 80.1 Å². The highest BCUT2D eigenvalue weighted by molar-refractivity contribution is 7.99. The molecule has 3 aromatic rings. The molecule has 2 atom stereocenters. The number of nitriles is 1. The molecular formula is C33H33Cl2N5O3S. The van der Waals surface area contributed by atoms with Gasteiger partial charge in [0.1, 0.15) is 11.3 Å². The van der Waals surface area contributed by atoms with Gasteiger partial charge in [0, 0.05) is 79.3 Å². The van der Waals surface area contributed by atoms with Gasteiger partial charge in [-0.25, -0.2) is 9.69 Å². The number of nitrogens with zero attached hydrogens (tertiary/aromatic N) is 5. The Morgan fingerprint density at radius 3 is 2.34 bits per heavy atom. The number of anilines is 1. The van der Waals surface area contributed by atoms with Gasteiger partial charge in [-0.1, -0.05) is 41.4 Å². The summed E-state index contributed by atoms with van der Waals surface area (Å²) >= 11 is 14.5. The van der Waals surface area contributed by atoms with E-state index in [1.807, 2.05) is 30.0 Å². The van der Waals surface area contributed by atoms with Crippen molar-refractivity contribution in [1.29, 1.82) is 5.26 Å². The molecule has 0 N–H and O–H groups in total. The Labute approximate surface area is 272 Å². The Morgan fingerprint density at radius 1 is 0.977 bits per heavy atom. The molecule has 3 heterocycles. The van der Waals surface area contributed by atoms with E-state index in [2.05, 4.69) is 28.0 Å². The smallest absolute Gasteiger partial charge is 0.332 e. The molecule has 3 aliphatic rings. The standard InChI is InChI=1S/C33H33Cl2N5O3S/c1-37-32(42)40(28-15-26(34)14-27(35)16-28)31(41)33(37)21-39(20-29(33)24-6-3-22(17-36)4-7-24)18-23-5-8-30(43-2)25(13-23)19-38-9-11-44-12-10-38/h3-8,13-16,29H,9-12,18-21H2,1-2H3/t29-,33+/m0/s1. The molecule has 0 aromatic heterocycles. The molecule has 0 radical (unpaired) electrons. The number of carbonyl (C=O) groups is 2. The van der Waals surface area contributed by atoms with Gasteiger partial charge in [0.05, 0.1) is 24.4 Å². The minimum absolute atomic E-state index is 0.321. The first kappa shape index (κ1) is 30.8. The highest BCUT2D eigenvalue weighted by Gasteiger charge is 2.64. The number of rotatable bonds is 7. The average Bonchev–Trinajstić information content (AvgIpc) is 3.48. The third-order valence-corrected chi connectivity index (χ3v) is 10.3. The number of likely N-dealkylation sites (tertiary alicyclic amines) is 1. The van der Waals surface area contributed by atoms with Crippen LogP contribution in [-0.2, 0) is 17.9 Å². The Balaban J connectivity index is 1.34. The maximum atomic E-state index is 14.5. The number of imide groups is 1. The van der Waals surface area contributed by atoms with Crippen molar-refractivity contribution in [1.82, 2.24) is 14.7 Å². The zero-order valence-electron chi connectivity index (χ0n) is 24.6. The number of urea groups is 1. The SMILES string of the molecule is COc1ccc(CN2C[C@@H](c3ccc(C#N)cc3)[C@]3(C2)C(=O)N(c2cc(Cl)cc(Cl)c2)C(=O)N3C)cc1CN1CCSCC1. The predicted octanol–water partition coefficient (Wildman–Crippen LogP) is 5.86. The average molecular weight is 651 g/mol. The monoisotopic (exact) mass is 649 g/mol. The molecule has 0 bridgehead atoms. The second-order valence-corrected chi connectivity index (χ2v) is 13.6. The molecule has 3 aliphatic heterocycles. The van der Waals surface area contributed by atoms with E-state index in [0.717, 1.165) is 53.6 Å². The Bertz CT molecular complexity index is 1600. The number of ether oxygens (including phenoxy) is 1. The summed E-state index contributed by atoms with van der Waals surface area (Å²) in [5.41, 5.74) is 2.86. The largest absolute Gasteiger partial charge is 0.496 e. The summed E-state index contributed by atoms with van der Waals surface area (Å²) in [5, 5.41) is 10.1. The summed E-state index contributed by atoms with van der Waals surface area (Å²) in [6, 6.07) is 20.1. The number of hydrogen-bond donors (Lipinski definition) is 0. The number of likely N-dealkylation sites (N-methyl/N-ethyl adjacent to an activating group) is 1. The van der Waals surface area contributed by atoms with Crippen LogP contribution in [0.25, 0.3) is 0 Å². The quantitative estimate of drug-likeness (QED) is 0.297. The molecular weight excluding hydrogens is 617 g/mol. The zero-order chi connectivity index (χ0) is 31.0. The Morgan fingerprint density at radius 2 is 1.68 bits per heavy atom. The maximum absolute atomic E-state index is 14.5. The van der Waals surface area contributed by atoms with E-state index < -0.39 is 11.6 Å². The van der Waals surface area contributed by atoms with Gasteiger partial charge in [-0.2, -0.15) is 17.0 Å². The van der Waals surface area contributed by atoms with Crippen molar-refractivity contribution < 1.29 is 14.3 Å². The lowest BCUT2D eigenvalue weighted by Crippen LogP contribution is -2.53. The van der Waals surface area contributed by atoms with Crippen molar-refractivity contribution in [3.63, 3.8) is 0 Å². The van der Waals surface area contributed by atoms with E-state index in [4.69, 9.17) is 27.9 Å². The lowest BCUT2D eigenvalue weighted by atomic mass is 9.80. The zero-order valence-corrected chi connectivity index (χ0v) is 27.0. The molecule has 0 saturated carbocycles. The highest BCUT2D eigenvalue weighted by atomic mass is 35.5. The van der Waals surface area contributed by atoms with Crippen LogP contribution in [0.3, 0.4) is 0 Å². The van der Waals surface area contributed by atoms with E-state index in [-0.39, 0.29) is 11.8 Å². The fraction of sp³-hybridized carbons (Fsp3) is 0.364. The van der Waals surface area contributed by atoms with Gasteiger partial charge in [0.15, 0.2) is 0 Å². The summed E-state index contributed by atoms with van der Waals surface area (Å²) in [7, 11) is 3.39. The van der Waals surface area contributed by atoms with Gasteiger partial charge in [-0.3, -0.25) is 14.6 Å². The molecule has 1 spiro atoms. The van der Waals surface area contributed by atoms with E-state index >= 15 is 0 Å². The van der Waals surface area contributed by atoms with Crippen molar-refractivity contribution in [3.05, 3.63) is 93.0 Å². The Kier molecular flexibility index (Phi) is 8.82. The van der Waals surface area contributed by atoms with Gasteiger partial charge in [0.2, 0.25) is 0 Å². The molecule has 0 aliphatic carbocycles. The number of amides is 3. The van der Waals surface area contributed by atoms with E-state index in [9.17, 15) is 14.9 Å². The number of halogens is 2. The fourth-order valence-electron chi connectivity index (χ4n) is 6.73. The summed E-state index contributed by atoms with van der Waals surface area (Å²) in [5.74, 6) is 2.48. The normalized spacial score (nSPS) is 22.7. The molecule has 3 aromatic carbocycles. The van der Waals surface area contributed by atoms with Crippen LogP contribution in [0, 0.1) is 11.3 Å². The minimum Gasteiger partial charge on any atom is -0.496 e. The van der Waals surface area contributed by atoms with Crippen molar-refractivity contribution in [3.8, 4) is 11.8 Å². The number of carbonyl (C=O) groups excluding carboxylic acids is 2. The Hall–Kier alpha value is -3.26. The number of thioether (sulfide) groups is 1. The van der Waals surface area contributed by atoms with Crippen LogP contribution in [-0.4, -0.2) is 84.0 Å². The van der Waals surface area contributed by atoms with Crippen LogP contribution < -0.4 is 9.64 Å². The molecule has 228 valence electrons. The number of benzene rings is 3. The van der Waals surface area contributed by atoms with Gasteiger partial charge in [-0.05, 0) is 53.6 Å². The first-order valence-corrected chi connectivity index (χ1v) is 16.4. The summed E-state index contributed by atoms with van der Waals surface area (Å²) in [4.78, 5) is 35.8. The van der Waals surface area contributed by atoms with Crippen molar-refractivity contribution in [2.24, 2.45) is 0 Å². The third-order valence-electron chi connectivity index (χ3n) is 8.93. The number of methoxy groups -OCH3 is 1. The second-order valence-electron chi connectivity index (χ2n) is 11.5. The molecule has 6 rings (SSSR count). The molecule has 44 heavy (non-hydrogen) atoms. The van der Waals surface area contributed by atoms with E-state index in [1.54, 1.807) is 49.4 Å². The van der Waals surface area contributed by atoms with Crippen LogP contribution in [0.2, 0.25) is 10.0 Å². The molecule has 3 saturated heterocycles. The summed E-state index contributed by atoms with van der Waals surface area (Å²) in [6.45, 7) is 4.41. The minimum atomic E-state index is -1.17. The molecule has 0 unspecified atom stereocenters. The first-order chi connectivity index (χ1) is 21.2. The first-order valence-electron chi connectivity index (χ1n) is 14.5. The van der Waals surface area contributed by atoms with Crippen LogP contribution >= 0.6 is 35.0 Å². The van der Waals surface area contributed by atoms with E-state index in [0.29, 0.717) is 40.9 Å². The highest BCUT2D eigenvalue weighted by Crippen LogP contribution is 2.47.